The number of thioether (sulfide) groups is 6. The summed E-state index contributed by atoms with van der Waals surface area (Å²) in [6, 6.07) is 0. The SMILES string of the molecule is O=C=NCSC1(SCN=C=O)CSC(SCN=C=O)(SCN=C=O)CS1. The molecule has 1 saturated heterocycles. The Bertz CT molecular complexity index is 542. The molecule has 0 atom stereocenters. The van der Waals surface area contributed by atoms with E-state index >= 15 is 0 Å². The van der Waals surface area contributed by atoms with Crippen LogP contribution in [-0.2, 0) is 19.2 Å². The van der Waals surface area contributed by atoms with Crippen molar-refractivity contribution in [3.8, 4) is 0 Å². The second-order valence-corrected chi connectivity index (χ2v) is 13.1. The van der Waals surface area contributed by atoms with Crippen LogP contribution in [0.25, 0.3) is 0 Å². The highest BCUT2D eigenvalue weighted by atomic mass is 32.3. The van der Waals surface area contributed by atoms with Gasteiger partial charge in [-0.15, -0.1) is 70.6 Å². The fourth-order valence-electron chi connectivity index (χ4n) is 1.52. The first-order chi connectivity index (χ1) is 12.7. The van der Waals surface area contributed by atoms with Crippen LogP contribution in [0.1, 0.15) is 0 Å². The van der Waals surface area contributed by atoms with Gasteiger partial charge in [0.1, 0.15) is 6.82 Å². The molecule has 1 aliphatic rings. The van der Waals surface area contributed by atoms with E-state index in [1.54, 1.807) is 23.5 Å². The number of carbonyl (C=O) groups excluding carboxylic acids is 4. The van der Waals surface area contributed by atoms with E-state index in [0.717, 1.165) is 0 Å². The summed E-state index contributed by atoms with van der Waals surface area (Å²) in [7, 11) is 0. The molecule has 0 N–H and O–H groups in total. The average molecular weight is 469 g/mol. The molecule has 8 nitrogen and oxygen atoms in total. The predicted octanol–water partition coefficient (Wildman–Crippen LogP) is 2.88. The van der Waals surface area contributed by atoms with Gasteiger partial charge in [-0.2, -0.15) is 20.0 Å². The lowest BCUT2D eigenvalue weighted by Gasteiger charge is -2.43. The number of nitrogens with zero attached hydrogens (tertiary/aromatic N) is 4. The minimum atomic E-state index is -0.349. The van der Waals surface area contributed by atoms with Gasteiger partial charge in [0, 0.05) is 11.5 Å². The molecule has 1 fully saturated rings. The summed E-state index contributed by atoms with van der Waals surface area (Å²) in [5.74, 6) is 2.34. The molecule has 1 aliphatic heterocycles. The number of isocyanates is 4. The van der Waals surface area contributed by atoms with Crippen LogP contribution in [0.2, 0.25) is 0 Å². The molecule has 0 spiro atoms. The molecule has 0 saturated carbocycles. The Morgan fingerprint density at radius 3 is 1.08 bits per heavy atom. The third-order valence-electron chi connectivity index (χ3n) is 2.59. The number of hydrogen-bond donors (Lipinski definition) is 0. The molecule has 1 rings (SSSR count). The molecule has 0 aliphatic carbocycles. The molecule has 14 heteroatoms. The van der Waals surface area contributed by atoms with Crippen molar-refractivity contribution in [2.45, 2.75) is 6.82 Å². The van der Waals surface area contributed by atoms with Crippen molar-refractivity contribution >= 4 is 94.9 Å². The van der Waals surface area contributed by atoms with Gasteiger partial charge in [-0.25, -0.2) is 19.2 Å². The van der Waals surface area contributed by atoms with Crippen LogP contribution in [0.4, 0.5) is 0 Å². The third kappa shape index (κ3) is 8.54. The standard InChI is InChI=1S/C12H12N4O4S6/c17-3-13-7-23-11(24-8-14-4-18)1-21-12(2-22-11,25-9-15-5-19)26-10-16-6-20/h1-2,7-10H2. The fraction of sp³-hybridized carbons (Fsp3) is 0.667. The lowest BCUT2D eigenvalue weighted by Crippen LogP contribution is -2.35. The van der Waals surface area contributed by atoms with E-state index in [1.165, 1.54) is 71.4 Å². The molecule has 0 aromatic heterocycles. The maximum atomic E-state index is 10.3. The first-order valence-electron chi connectivity index (χ1n) is 6.64. The van der Waals surface area contributed by atoms with Crippen molar-refractivity contribution in [1.29, 1.82) is 0 Å². The number of rotatable bonds is 12. The molecule has 0 aromatic carbocycles. The second kappa shape index (κ2) is 13.7. The summed E-state index contributed by atoms with van der Waals surface area (Å²) in [6.07, 6.45) is 6.05. The summed E-state index contributed by atoms with van der Waals surface area (Å²) in [5.41, 5.74) is 0. The van der Waals surface area contributed by atoms with E-state index in [0.29, 0.717) is 11.5 Å². The van der Waals surface area contributed by atoms with E-state index in [1.807, 2.05) is 0 Å². The van der Waals surface area contributed by atoms with Gasteiger partial charge in [0.15, 0.2) is 0 Å². The van der Waals surface area contributed by atoms with Crippen LogP contribution in [-0.4, -0.2) is 66.2 Å². The summed E-state index contributed by atoms with van der Waals surface area (Å²) in [4.78, 5) is 55.6. The third-order valence-corrected chi connectivity index (χ3v) is 13.6. The molecule has 1 heterocycles. The summed E-state index contributed by atoms with van der Waals surface area (Å²) in [6.45, 7) is 0. The van der Waals surface area contributed by atoms with Gasteiger partial charge >= 0.3 is 0 Å². The minimum absolute atomic E-state index is 0.257. The van der Waals surface area contributed by atoms with E-state index in [4.69, 9.17) is 0 Å². The Labute approximate surface area is 175 Å². The minimum Gasteiger partial charge on any atom is -0.211 e. The van der Waals surface area contributed by atoms with Gasteiger partial charge in [0.2, 0.25) is 24.3 Å². The van der Waals surface area contributed by atoms with Gasteiger partial charge in [-0.1, -0.05) is 0 Å². The maximum Gasteiger partial charge on any atom is 0.235 e. The van der Waals surface area contributed by atoms with Gasteiger partial charge in [0.05, 0.1) is 23.5 Å². The largest absolute Gasteiger partial charge is 0.235 e. The van der Waals surface area contributed by atoms with Crippen LogP contribution >= 0.6 is 70.6 Å². The van der Waals surface area contributed by atoms with Crippen LogP contribution in [0.3, 0.4) is 0 Å². The molecule has 140 valence electrons. The van der Waals surface area contributed by atoms with E-state index in [9.17, 15) is 19.2 Å². The first-order valence-corrected chi connectivity index (χ1v) is 12.6. The lowest BCUT2D eigenvalue weighted by atomic mass is 10.9. The average Bonchev–Trinajstić information content (AvgIpc) is 2.65. The van der Waals surface area contributed by atoms with Crippen LogP contribution < -0.4 is 0 Å². The maximum absolute atomic E-state index is 10.3. The Balaban J connectivity index is 2.84. The first kappa shape index (κ1) is 23.7. The molecule has 0 aromatic rings. The van der Waals surface area contributed by atoms with Crippen molar-refractivity contribution in [3.05, 3.63) is 0 Å². The smallest absolute Gasteiger partial charge is 0.211 e. The van der Waals surface area contributed by atoms with Crippen LogP contribution in [0.15, 0.2) is 20.0 Å². The Morgan fingerprint density at radius 2 is 0.885 bits per heavy atom. The second-order valence-electron chi connectivity index (χ2n) is 4.03. The quantitative estimate of drug-likeness (QED) is 0.240. The van der Waals surface area contributed by atoms with Gasteiger partial charge in [0.25, 0.3) is 0 Å². The van der Waals surface area contributed by atoms with Crippen molar-refractivity contribution in [3.63, 3.8) is 0 Å². The van der Waals surface area contributed by atoms with Crippen molar-refractivity contribution in [1.82, 2.24) is 0 Å². The summed E-state index contributed by atoms with van der Waals surface area (Å²) < 4.78 is -0.699. The van der Waals surface area contributed by atoms with Crippen molar-refractivity contribution < 1.29 is 19.2 Å². The van der Waals surface area contributed by atoms with Crippen molar-refractivity contribution in [2.75, 3.05) is 35.0 Å². The summed E-state index contributed by atoms with van der Waals surface area (Å²) in [5, 5.41) is 0. The van der Waals surface area contributed by atoms with E-state index < -0.39 is 0 Å². The highest BCUT2D eigenvalue weighted by molar-refractivity contribution is 8.40. The van der Waals surface area contributed by atoms with Crippen LogP contribution in [0, 0.1) is 0 Å². The zero-order chi connectivity index (χ0) is 19.1. The zero-order valence-electron chi connectivity index (χ0n) is 13.1. The fourth-order valence-corrected chi connectivity index (χ4v) is 10.6. The predicted molar refractivity (Wildman–Crippen MR) is 113 cm³/mol. The topological polar surface area (TPSA) is 118 Å². The highest BCUT2D eigenvalue weighted by Crippen LogP contribution is 2.62. The van der Waals surface area contributed by atoms with Crippen LogP contribution in [0.5, 0.6) is 0 Å². The molecule has 0 amide bonds. The monoisotopic (exact) mass is 468 g/mol. The molecular formula is C12H12N4O4S6. The van der Waals surface area contributed by atoms with Gasteiger partial charge < -0.3 is 0 Å². The van der Waals surface area contributed by atoms with Gasteiger partial charge in [-0.05, 0) is 0 Å². The zero-order valence-corrected chi connectivity index (χ0v) is 18.0. The number of hydrogen-bond acceptors (Lipinski definition) is 14. The van der Waals surface area contributed by atoms with Gasteiger partial charge in [-0.3, -0.25) is 0 Å². The number of aliphatic imine (C=N–C) groups is 4. The molecule has 0 unspecified atom stereocenters. The van der Waals surface area contributed by atoms with E-state index in [-0.39, 0.29) is 30.3 Å². The van der Waals surface area contributed by atoms with Crippen molar-refractivity contribution in [2.24, 2.45) is 20.0 Å². The Hall–Kier alpha value is -0.380. The normalized spacial score (nSPS) is 24.3. The lowest BCUT2D eigenvalue weighted by molar-refractivity contribution is 0.563. The van der Waals surface area contributed by atoms with E-state index in [2.05, 4.69) is 20.0 Å². The Kier molecular flexibility index (Phi) is 12.5. The highest BCUT2D eigenvalue weighted by Gasteiger charge is 2.45. The summed E-state index contributed by atoms with van der Waals surface area (Å²) >= 11 is 9.17. The Morgan fingerprint density at radius 1 is 0.615 bits per heavy atom. The molecule has 0 radical (unpaired) electrons. The molecule has 26 heavy (non-hydrogen) atoms. The molecule has 0 bridgehead atoms. The molecular weight excluding hydrogens is 457 g/mol.